The van der Waals surface area contributed by atoms with Crippen molar-refractivity contribution in [2.75, 3.05) is 32.1 Å². The minimum atomic E-state index is -0.0744. The second-order valence-electron chi connectivity index (χ2n) is 5.10. The van der Waals surface area contributed by atoms with Gasteiger partial charge in [0.05, 0.1) is 6.54 Å². The van der Waals surface area contributed by atoms with Gasteiger partial charge in [-0.05, 0) is 49.5 Å². The molecule has 5 nitrogen and oxygen atoms in total. The fourth-order valence-corrected chi connectivity index (χ4v) is 2.54. The number of guanidine groups is 1. The zero-order valence-corrected chi connectivity index (χ0v) is 15.1. The Bertz CT molecular complexity index is 505. The summed E-state index contributed by atoms with van der Waals surface area (Å²) in [7, 11) is 1.64. The zero-order valence-electron chi connectivity index (χ0n) is 14.3. The maximum absolute atomic E-state index is 11.7. The first kappa shape index (κ1) is 19.4. The summed E-state index contributed by atoms with van der Waals surface area (Å²) in [6.45, 7) is 4.35. The van der Waals surface area contributed by atoms with Gasteiger partial charge in [0.25, 0.3) is 5.91 Å². The Hall–Kier alpha value is -1.69. The monoisotopic (exact) mass is 336 g/mol. The Morgan fingerprint density at radius 1 is 1.26 bits per heavy atom. The summed E-state index contributed by atoms with van der Waals surface area (Å²) in [5.41, 5.74) is 1.68. The number of hydrogen-bond donors (Lipinski definition) is 3. The van der Waals surface area contributed by atoms with Crippen LogP contribution in [0.25, 0.3) is 0 Å². The first-order chi connectivity index (χ1) is 11.2. The summed E-state index contributed by atoms with van der Waals surface area (Å²) >= 11 is 1.88. The molecule has 1 aromatic rings. The smallest absolute Gasteiger partial charge is 0.251 e. The van der Waals surface area contributed by atoms with Gasteiger partial charge in [-0.15, -0.1) is 0 Å². The van der Waals surface area contributed by atoms with Crippen LogP contribution in [0.5, 0.6) is 0 Å². The van der Waals surface area contributed by atoms with E-state index in [-0.39, 0.29) is 5.91 Å². The van der Waals surface area contributed by atoms with Crippen LogP contribution in [0.2, 0.25) is 0 Å². The van der Waals surface area contributed by atoms with Gasteiger partial charge in [0.2, 0.25) is 0 Å². The molecule has 6 heteroatoms. The van der Waals surface area contributed by atoms with Crippen molar-refractivity contribution in [3.8, 4) is 0 Å². The summed E-state index contributed by atoms with van der Waals surface area (Å²) in [4.78, 5) is 16.2. The van der Waals surface area contributed by atoms with E-state index in [2.05, 4.69) is 34.1 Å². The maximum atomic E-state index is 11.7. The number of unbranched alkanes of at least 4 members (excludes halogenated alkanes) is 1. The molecule has 1 rings (SSSR count). The molecule has 0 unspecified atom stereocenters. The summed E-state index contributed by atoms with van der Waals surface area (Å²) in [5.74, 6) is 1.94. The van der Waals surface area contributed by atoms with Crippen molar-refractivity contribution in [1.29, 1.82) is 0 Å². The normalized spacial score (nSPS) is 11.2. The number of nitrogens with one attached hydrogen (secondary N) is 3. The fraction of sp³-hybridized carbons (Fsp3) is 0.529. The van der Waals surface area contributed by atoms with Crippen LogP contribution >= 0.6 is 11.8 Å². The van der Waals surface area contributed by atoms with Gasteiger partial charge in [-0.3, -0.25) is 4.79 Å². The lowest BCUT2D eigenvalue weighted by molar-refractivity contribution is 0.0963. The van der Waals surface area contributed by atoms with E-state index in [0.717, 1.165) is 31.0 Å². The second-order valence-corrected chi connectivity index (χ2v) is 6.09. The lowest BCUT2D eigenvalue weighted by atomic mass is 10.1. The molecule has 0 aliphatic heterocycles. The lowest BCUT2D eigenvalue weighted by Crippen LogP contribution is -2.37. The summed E-state index contributed by atoms with van der Waals surface area (Å²) in [5, 5.41) is 9.23. The highest BCUT2D eigenvalue weighted by atomic mass is 32.2. The zero-order chi connectivity index (χ0) is 16.9. The molecule has 1 amide bonds. The fourth-order valence-electron chi connectivity index (χ4n) is 2.05. The van der Waals surface area contributed by atoms with Gasteiger partial charge in [-0.25, -0.2) is 4.99 Å². The van der Waals surface area contributed by atoms with E-state index in [1.807, 2.05) is 30.0 Å². The predicted molar refractivity (Wildman–Crippen MR) is 100 cm³/mol. The number of hydrogen-bond acceptors (Lipinski definition) is 3. The largest absolute Gasteiger partial charge is 0.357 e. The number of thioether (sulfide) groups is 1. The van der Waals surface area contributed by atoms with Gasteiger partial charge in [0, 0.05) is 25.7 Å². The minimum Gasteiger partial charge on any atom is -0.357 e. The van der Waals surface area contributed by atoms with Gasteiger partial charge >= 0.3 is 0 Å². The van der Waals surface area contributed by atoms with E-state index in [1.54, 1.807) is 13.1 Å². The van der Waals surface area contributed by atoms with E-state index in [1.165, 1.54) is 12.2 Å². The molecular weight excluding hydrogens is 308 g/mol. The van der Waals surface area contributed by atoms with Crippen molar-refractivity contribution in [1.82, 2.24) is 16.0 Å². The number of nitrogens with zero attached hydrogens (tertiary/aromatic N) is 1. The molecule has 0 aliphatic rings. The number of rotatable bonds is 9. The maximum Gasteiger partial charge on any atom is 0.251 e. The number of benzene rings is 1. The van der Waals surface area contributed by atoms with Crippen LogP contribution in [0.1, 0.15) is 35.7 Å². The van der Waals surface area contributed by atoms with E-state index in [9.17, 15) is 4.79 Å². The first-order valence-electron chi connectivity index (χ1n) is 8.03. The molecule has 0 radical (unpaired) electrons. The number of aliphatic imine (C=N–C) groups is 1. The topological polar surface area (TPSA) is 65.5 Å². The molecule has 0 fully saturated rings. The van der Waals surface area contributed by atoms with Crippen molar-refractivity contribution in [2.24, 2.45) is 4.99 Å². The number of carbonyl (C=O) groups excluding carboxylic acids is 1. The van der Waals surface area contributed by atoms with Crippen LogP contribution in [-0.4, -0.2) is 44.0 Å². The molecule has 1 aromatic carbocycles. The molecule has 0 atom stereocenters. The molecule has 0 heterocycles. The average molecular weight is 337 g/mol. The van der Waals surface area contributed by atoms with E-state index in [4.69, 9.17) is 0 Å². The van der Waals surface area contributed by atoms with Crippen molar-refractivity contribution >= 4 is 23.6 Å². The van der Waals surface area contributed by atoms with Crippen molar-refractivity contribution in [2.45, 2.75) is 26.3 Å². The second kappa shape index (κ2) is 11.8. The van der Waals surface area contributed by atoms with Crippen LogP contribution in [0.3, 0.4) is 0 Å². The van der Waals surface area contributed by atoms with Gasteiger partial charge in [0.15, 0.2) is 5.96 Å². The van der Waals surface area contributed by atoms with Crippen molar-refractivity contribution in [3.63, 3.8) is 0 Å². The Labute approximate surface area is 143 Å². The summed E-state index contributed by atoms with van der Waals surface area (Å²) < 4.78 is 0. The molecule has 0 aliphatic carbocycles. The third-order valence-electron chi connectivity index (χ3n) is 3.25. The van der Waals surface area contributed by atoms with Crippen LogP contribution < -0.4 is 16.0 Å². The third-order valence-corrected chi connectivity index (χ3v) is 3.94. The van der Waals surface area contributed by atoms with Crippen molar-refractivity contribution in [3.05, 3.63) is 35.4 Å². The highest BCUT2D eigenvalue weighted by Gasteiger charge is 2.03. The Kier molecular flexibility index (Phi) is 9.95. The number of amides is 1. The molecule has 0 saturated heterocycles. The quantitative estimate of drug-likeness (QED) is 0.368. The van der Waals surface area contributed by atoms with Gasteiger partial charge in [0.1, 0.15) is 0 Å². The van der Waals surface area contributed by atoms with Crippen LogP contribution in [0, 0.1) is 0 Å². The predicted octanol–water partition coefficient (Wildman–Crippen LogP) is 2.24. The molecule has 0 saturated carbocycles. The molecule has 128 valence electrons. The van der Waals surface area contributed by atoms with Gasteiger partial charge in [-0.2, -0.15) is 11.8 Å². The summed E-state index contributed by atoms with van der Waals surface area (Å²) in [6, 6.07) is 7.56. The standard InChI is InChI=1S/C17H28N4OS/c1-4-19-17(20-10-5-6-11-23-3)21-13-14-8-7-9-15(12-14)16(22)18-2/h7-9,12H,4-6,10-11,13H2,1-3H3,(H,18,22)(H2,19,20,21). The highest BCUT2D eigenvalue weighted by Crippen LogP contribution is 2.06. The third kappa shape index (κ3) is 7.93. The van der Waals surface area contributed by atoms with E-state index in [0.29, 0.717) is 12.1 Å². The highest BCUT2D eigenvalue weighted by molar-refractivity contribution is 7.98. The molecular formula is C17H28N4OS. The minimum absolute atomic E-state index is 0.0744. The van der Waals surface area contributed by atoms with Gasteiger partial charge in [-0.1, -0.05) is 12.1 Å². The number of carbonyl (C=O) groups is 1. The van der Waals surface area contributed by atoms with E-state index < -0.39 is 0 Å². The lowest BCUT2D eigenvalue weighted by Gasteiger charge is -2.11. The molecule has 0 bridgehead atoms. The Morgan fingerprint density at radius 3 is 2.78 bits per heavy atom. The van der Waals surface area contributed by atoms with Crippen LogP contribution in [-0.2, 0) is 6.54 Å². The van der Waals surface area contributed by atoms with Gasteiger partial charge < -0.3 is 16.0 Å². The Morgan fingerprint density at radius 2 is 2.09 bits per heavy atom. The SMILES string of the molecule is CCNC(=NCc1cccc(C(=O)NC)c1)NCCCCSC. The molecule has 23 heavy (non-hydrogen) atoms. The van der Waals surface area contributed by atoms with Crippen LogP contribution in [0.15, 0.2) is 29.3 Å². The van der Waals surface area contributed by atoms with Crippen molar-refractivity contribution < 1.29 is 4.79 Å². The van der Waals surface area contributed by atoms with E-state index >= 15 is 0 Å². The first-order valence-corrected chi connectivity index (χ1v) is 9.42. The molecule has 3 N–H and O–H groups in total. The molecule has 0 aromatic heterocycles. The average Bonchev–Trinajstić information content (AvgIpc) is 2.59. The molecule has 0 spiro atoms. The Balaban J connectivity index is 2.57. The summed E-state index contributed by atoms with van der Waals surface area (Å²) in [6.07, 6.45) is 4.48. The van der Waals surface area contributed by atoms with Crippen LogP contribution in [0.4, 0.5) is 0 Å².